The Labute approximate surface area is 124 Å². The van der Waals surface area contributed by atoms with Crippen molar-refractivity contribution in [3.8, 4) is 22.8 Å². The van der Waals surface area contributed by atoms with E-state index in [1.54, 1.807) is 0 Å². The van der Waals surface area contributed by atoms with Crippen molar-refractivity contribution in [2.45, 2.75) is 20.8 Å². The van der Waals surface area contributed by atoms with Crippen LogP contribution in [0.4, 0.5) is 0 Å². The van der Waals surface area contributed by atoms with E-state index in [1.807, 2.05) is 75.4 Å². The van der Waals surface area contributed by atoms with Gasteiger partial charge >= 0.3 is 0 Å². The molecule has 3 aromatic rings. The molecule has 0 amide bonds. The molecule has 0 atom stereocenters. The van der Waals surface area contributed by atoms with Crippen LogP contribution in [-0.2, 0) is 0 Å². The second kappa shape index (κ2) is 7.24. The summed E-state index contributed by atoms with van der Waals surface area (Å²) in [4.78, 5) is 0. The van der Waals surface area contributed by atoms with Crippen molar-refractivity contribution in [2.75, 3.05) is 0 Å². The summed E-state index contributed by atoms with van der Waals surface area (Å²) in [6.45, 7) is 6.03. The first-order valence-corrected chi connectivity index (χ1v) is 7.03. The zero-order valence-electron chi connectivity index (χ0n) is 12.5. The van der Waals surface area contributed by atoms with Crippen LogP contribution in [0.3, 0.4) is 0 Å². The van der Waals surface area contributed by atoms with E-state index in [0.717, 1.165) is 16.7 Å². The highest BCUT2D eigenvalue weighted by atomic mass is 15.3. The van der Waals surface area contributed by atoms with E-state index in [2.05, 4.69) is 20.4 Å². The lowest BCUT2D eigenvalue weighted by molar-refractivity contribution is 0.876. The Hall–Kier alpha value is -2.62. The van der Waals surface area contributed by atoms with Gasteiger partial charge in [0, 0.05) is 11.1 Å². The topological polar surface area (TPSA) is 51.6 Å². The second-order valence-electron chi connectivity index (χ2n) is 4.28. The Balaban J connectivity index is 0.000000774. The van der Waals surface area contributed by atoms with Gasteiger partial charge in [-0.3, -0.25) is 0 Å². The molecule has 2 aromatic carbocycles. The quantitative estimate of drug-likeness (QED) is 0.712. The third-order valence-electron chi connectivity index (χ3n) is 2.79. The Bertz CT molecular complexity index is 679. The fourth-order valence-corrected chi connectivity index (χ4v) is 1.83. The smallest absolute Gasteiger partial charge is 0.126 e. The molecular formula is C17H18N4. The van der Waals surface area contributed by atoms with Gasteiger partial charge in [-0.1, -0.05) is 67.9 Å². The van der Waals surface area contributed by atoms with Crippen molar-refractivity contribution in [1.82, 2.24) is 20.4 Å². The lowest BCUT2D eigenvalue weighted by atomic mass is 10.1. The maximum atomic E-state index is 4.14. The van der Waals surface area contributed by atoms with Gasteiger partial charge in [0.15, 0.2) is 0 Å². The molecule has 0 saturated carbocycles. The van der Waals surface area contributed by atoms with E-state index in [-0.39, 0.29) is 0 Å². The van der Waals surface area contributed by atoms with E-state index in [0.29, 0.717) is 11.6 Å². The summed E-state index contributed by atoms with van der Waals surface area (Å²) in [6, 6.07) is 17.7. The van der Waals surface area contributed by atoms with Crippen LogP contribution in [-0.4, -0.2) is 20.4 Å². The molecule has 106 valence electrons. The molecule has 1 heterocycles. The Kier molecular flexibility index (Phi) is 5.10. The summed E-state index contributed by atoms with van der Waals surface area (Å²) >= 11 is 0. The minimum Gasteiger partial charge on any atom is -0.126 e. The molecule has 0 unspecified atom stereocenters. The van der Waals surface area contributed by atoms with Crippen LogP contribution in [0, 0.1) is 6.92 Å². The normalized spacial score (nSPS) is 9.67. The van der Waals surface area contributed by atoms with E-state index in [4.69, 9.17) is 0 Å². The number of aromatic nitrogens is 4. The van der Waals surface area contributed by atoms with E-state index in [1.165, 1.54) is 0 Å². The summed E-state index contributed by atoms with van der Waals surface area (Å²) in [5.41, 5.74) is 3.01. The largest absolute Gasteiger partial charge is 0.203 e. The number of hydrogen-bond acceptors (Lipinski definition) is 4. The van der Waals surface area contributed by atoms with Crippen molar-refractivity contribution in [3.05, 3.63) is 60.2 Å². The minimum atomic E-state index is 0.539. The second-order valence-corrected chi connectivity index (χ2v) is 4.28. The van der Waals surface area contributed by atoms with Gasteiger partial charge in [0.2, 0.25) is 11.6 Å². The molecule has 4 nitrogen and oxygen atoms in total. The van der Waals surface area contributed by atoms with E-state index >= 15 is 0 Å². The predicted octanol–water partition coefficient (Wildman–Crippen LogP) is 3.94. The van der Waals surface area contributed by atoms with Crippen LogP contribution in [0.15, 0.2) is 54.6 Å². The highest BCUT2D eigenvalue weighted by Gasteiger charge is 2.05. The van der Waals surface area contributed by atoms with E-state index in [9.17, 15) is 0 Å². The average molecular weight is 278 g/mol. The SMILES string of the molecule is CC.Cc1cccc(-c2nnc(-c3ccccc3)nn2)c1. The van der Waals surface area contributed by atoms with Gasteiger partial charge in [-0.05, 0) is 13.0 Å². The minimum absolute atomic E-state index is 0.539. The van der Waals surface area contributed by atoms with Crippen LogP contribution < -0.4 is 0 Å². The van der Waals surface area contributed by atoms with Crippen molar-refractivity contribution < 1.29 is 0 Å². The fourth-order valence-electron chi connectivity index (χ4n) is 1.83. The van der Waals surface area contributed by atoms with Crippen LogP contribution in [0.25, 0.3) is 22.8 Å². The fraction of sp³-hybridized carbons (Fsp3) is 0.176. The lowest BCUT2D eigenvalue weighted by Gasteiger charge is -2.01. The first kappa shape index (κ1) is 14.8. The molecule has 0 N–H and O–H groups in total. The van der Waals surface area contributed by atoms with Gasteiger partial charge < -0.3 is 0 Å². The number of hydrogen-bond donors (Lipinski definition) is 0. The zero-order chi connectivity index (χ0) is 15.1. The predicted molar refractivity (Wildman–Crippen MR) is 84.6 cm³/mol. The summed E-state index contributed by atoms with van der Waals surface area (Å²) in [5, 5.41) is 16.5. The van der Waals surface area contributed by atoms with Crippen molar-refractivity contribution in [3.63, 3.8) is 0 Å². The van der Waals surface area contributed by atoms with E-state index < -0.39 is 0 Å². The summed E-state index contributed by atoms with van der Waals surface area (Å²) in [7, 11) is 0. The summed E-state index contributed by atoms with van der Waals surface area (Å²) in [5.74, 6) is 1.08. The third-order valence-corrected chi connectivity index (χ3v) is 2.79. The molecule has 0 aliphatic heterocycles. The number of benzene rings is 2. The highest BCUT2D eigenvalue weighted by molar-refractivity contribution is 5.57. The van der Waals surface area contributed by atoms with Crippen molar-refractivity contribution in [1.29, 1.82) is 0 Å². The van der Waals surface area contributed by atoms with Crippen LogP contribution in [0.5, 0.6) is 0 Å². The molecule has 21 heavy (non-hydrogen) atoms. The van der Waals surface area contributed by atoms with Crippen molar-refractivity contribution >= 4 is 0 Å². The van der Waals surface area contributed by atoms with Gasteiger partial charge in [0.1, 0.15) is 0 Å². The van der Waals surface area contributed by atoms with Crippen LogP contribution >= 0.6 is 0 Å². The molecule has 0 saturated heterocycles. The van der Waals surface area contributed by atoms with Gasteiger partial charge in [-0.15, -0.1) is 20.4 Å². The van der Waals surface area contributed by atoms with Crippen molar-refractivity contribution in [2.24, 2.45) is 0 Å². The number of rotatable bonds is 2. The molecule has 0 radical (unpaired) electrons. The molecule has 4 heteroatoms. The van der Waals surface area contributed by atoms with Gasteiger partial charge in [0.05, 0.1) is 0 Å². The van der Waals surface area contributed by atoms with Crippen LogP contribution in [0.2, 0.25) is 0 Å². The molecule has 0 bridgehead atoms. The Morgan fingerprint density at radius 2 is 1.14 bits per heavy atom. The standard InChI is InChI=1S/C15H12N4.C2H6/c1-11-6-5-9-13(10-11)15-18-16-14(17-19-15)12-7-3-2-4-8-12;1-2/h2-10H,1H3;1-2H3. The van der Waals surface area contributed by atoms with Gasteiger partial charge in [-0.2, -0.15) is 0 Å². The molecular weight excluding hydrogens is 260 g/mol. The van der Waals surface area contributed by atoms with Gasteiger partial charge in [-0.25, -0.2) is 0 Å². The molecule has 0 aliphatic carbocycles. The molecule has 0 aliphatic rings. The Morgan fingerprint density at radius 3 is 1.71 bits per heavy atom. The monoisotopic (exact) mass is 278 g/mol. The highest BCUT2D eigenvalue weighted by Crippen LogP contribution is 2.16. The number of nitrogens with zero attached hydrogens (tertiary/aromatic N) is 4. The first-order chi connectivity index (χ1) is 10.3. The lowest BCUT2D eigenvalue weighted by Crippen LogP contribution is -1.99. The van der Waals surface area contributed by atoms with Gasteiger partial charge in [0.25, 0.3) is 0 Å². The van der Waals surface area contributed by atoms with Crippen LogP contribution in [0.1, 0.15) is 19.4 Å². The maximum Gasteiger partial charge on any atom is 0.203 e. The summed E-state index contributed by atoms with van der Waals surface area (Å²) in [6.07, 6.45) is 0. The Morgan fingerprint density at radius 1 is 0.619 bits per heavy atom. The third kappa shape index (κ3) is 3.69. The molecule has 0 fully saturated rings. The molecule has 1 aromatic heterocycles. The maximum absolute atomic E-state index is 4.14. The molecule has 0 spiro atoms. The zero-order valence-corrected chi connectivity index (χ0v) is 12.5. The summed E-state index contributed by atoms with van der Waals surface area (Å²) < 4.78 is 0. The average Bonchev–Trinajstić information content (AvgIpc) is 2.58. The molecule has 3 rings (SSSR count). The number of aryl methyl sites for hydroxylation is 1. The first-order valence-electron chi connectivity index (χ1n) is 7.03.